The molecule has 1 N–H and O–H groups in total. The molecular formula is C21H19ClN4OS. The fraction of sp³-hybridized carbons (Fsp3) is 0.190. The van der Waals surface area contributed by atoms with Crippen LogP contribution in [0, 0.1) is 13.8 Å². The van der Waals surface area contributed by atoms with Gasteiger partial charge in [0, 0.05) is 22.8 Å². The normalized spacial score (nSPS) is 11.1. The lowest BCUT2D eigenvalue weighted by Gasteiger charge is -2.07. The number of halogens is 1. The van der Waals surface area contributed by atoms with Crippen LogP contribution in [0.3, 0.4) is 0 Å². The van der Waals surface area contributed by atoms with Crippen molar-refractivity contribution < 1.29 is 4.79 Å². The molecule has 0 bridgehead atoms. The van der Waals surface area contributed by atoms with Gasteiger partial charge in [0.2, 0.25) is 5.91 Å². The molecule has 0 saturated heterocycles. The van der Waals surface area contributed by atoms with Gasteiger partial charge in [0.25, 0.3) is 0 Å². The summed E-state index contributed by atoms with van der Waals surface area (Å²) in [6.07, 6.45) is 3.94. The van der Waals surface area contributed by atoms with Crippen LogP contribution in [0.15, 0.2) is 48.8 Å². The number of carbonyl (C=O) groups excluding carboxylic acids is 1. The second-order valence-corrected chi connectivity index (χ2v) is 8.44. The van der Waals surface area contributed by atoms with Crippen molar-refractivity contribution in [3.05, 3.63) is 75.0 Å². The number of amides is 1. The van der Waals surface area contributed by atoms with E-state index in [0.717, 1.165) is 33.0 Å². The number of fused-ring (bicyclic) bond motifs is 1. The standard InChI is InChI=1S/C21H19ClN4OS/c1-13-3-6-15(7-4-13)20-17(26-12-14(2)5-8-18(26)25-20)9-19(27)23-10-16-11-24-21(22)28-16/h3-8,11-12H,9-10H2,1-2H3,(H,23,27). The molecule has 0 saturated carbocycles. The first-order valence-electron chi connectivity index (χ1n) is 8.91. The quantitative estimate of drug-likeness (QED) is 0.523. The molecule has 0 radical (unpaired) electrons. The van der Waals surface area contributed by atoms with Gasteiger partial charge in [0.05, 0.1) is 24.4 Å². The van der Waals surface area contributed by atoms with Gasteiger partial charge in [0.15, 0.2) is 4.47 Å². The maximum atomic E-state index is 12.7. The Kier molecular flexibility index (Phi) is 5.15. The molecule has 0 atom stereocenters. The maximum absolute atomic E-state index is 12.7. The van der Waals surface area contributed by atoms with E-state index in [9.17, 15) is 4.79 Å². The number of imidazole rings is 1. The van der Waals surface area contributed by atoms with Crippen LogP contribution in [-0.4, -0.2) is 20.3 Å². The first-order chi connectivity index (χ1) is 13.5. The Hall–Kier alpha value is -2.70. The van der Waals surface area contributed by atoms with Crippen molar-refractivity contribution in [3.63, 3.8) is 0 Å². The van der Waals surface area contributed by atoms with Gasteiger partial charge >= 0.3 is 0 Å². The first-order valence-corrected chi connectivity index (χ1v) is 10.1. The number of hydrogen-bond donors (Lipinski definition) is 1. The molecule has 0 fully saturated rings. The van der Waals surface area contributed by atoms with Crippen LogP contribution >= 0.6 is 22.9 Å². The zero-order valence-electron chi connectivity index (χ0n) is 15.6. The molecule has 3 aromatic heterocycles. The van der Waals surface area contributed by atoms with Crippen LogP contribution in [0.2, 0.25) is 4.47 Å². The summed E-state index contributed by atoms with van der Waals surface area (Å²) in [7, 11) is 0. The predicted molar refractivity (Wildman–Crippen MR) is 113 cm³/mol. The lowest BCUT2D eigenvalue weighted by molar-refractivity contribution is -0.120. The number of hydrogen-bond acceptors (Lipinski definition) is 4. The Labute approximate surface area is 172 Å². The van der Waals surface area contributed by atoms with Gasteiger partial charge in [-0.3, -0.25) is 4.79 Å². The Morgan fingerprint density at radius 2 is 1.89 bits per heavy atom. The molecule has 28 heavy (non-hydrogen) atoms. The fourth-order valence-electron chi connectivity index (χ4n) is 3.08. The summed E-state index contributed by atoms with van der Waals surface area (Å²) in [5, 5.41) is 2.95. The van der Waals surface area contributed by atoms with E-state index in [1.165, 1.54) is 16.9 Å². The van der Waals surface area contributed by atoms with E-state index in [1.54, 1.807) is 6.20 Å². The van der Waals surface area contributed by atoms with Crippen molar-refractivity contribution in [2.45, 2.75) is 26.8 Å². The molecule has 5 nitrogen and oxygen atoms in total. The van der Waals surface area contributed by atoms with Crippen LogP contribution in [-0.2, 0) is 17.8 Å². The van der Waals surface area contributed by atoms with E-state index in [-0.39, 0.29) is 12.3 Å². The van der Waals surface area contributed by atoms with Gasteiger partial charge in [-0.2, -0.15) is 0 Å². The minimum atomic E-state index is -0.0683. The van der Waals surface area contributed by atoms with Crippen LogP contribution in [0.5, 0.6) is 0 Å². The summed E-state index contributed by atoms with van der Waals surface area (Å²) in [5.74, 6) is -0.0683. The van der Waals surface area contributed by atoms with Gasteiger partial charge in [0.1, 0.15) is 5.65 Å². The summed E-state index contributed by atoms with van der Waals surface area (Å²) in [4.78, 5) is 22.4. The molecule has 0 aliphatic carbocycles. The lowest BCUT2D eigenvalue weighted by Crippen LogP contribution is -2.25. The number of benzene rings is 1. The maximum Gasteiger partial charge on any atom is 0.226 e. The zero-order chi connectivity index (χ0) is 19.7. The Bertz CT molecular complexity index is 1150. The number of aryl methyl sites for hydroxylation is 2. The van der Waals surface area contributed by atoms with Gasteiger partial charge in [-0.25, -0.2) is 9.97 Å². The molecule has 7 heteroatoms. The van der Waals surface area contributed by atoms with Gasteiger partial charge in [-0.05, 0) is 25.5 Å². The van der Waals surface area contributed by atoms with Crippen LogP contribution in [0.25, 0.3) is 16.9 Å². The van der Waals surface area contributed by atoms with Crippen LogP contribution in [0.4, 0.5) is 0 Å². The van der Waals surface area contributed by atoms with Crippen LogP contribution < -0.4 is 5.32 Å². The highest BCUT2D eigenvalue weighted by atomic mass is 35.5. The third-order valence-corrected chi connectivity index (χ3v) is 5.62. The molecule has 3 heterocycles. The number of thiazole rings is 1. The SMILES string of the molecule is Cc1ccc(-c2nc3ccc(C)cn3c2CC(=O)NCc2cnc(Cl)s2)cc1. The minimum absolute atomic E-state index is 0.0683. The first kappa shape index (κ1) is 18.7. The average molecular weight is 411 g/mol. The molecule has 0 unspecified atom stereocenters. The lowest BCUT2D eigenvalue weighted by atomic mass is 10.1. The minimum Gasteiger partial charge on any atom is -0.351 e. The largest absolute Gasteiger partial charge is 0.351 e. The third kappa shape index (κ3) is 3.93. The Balaban J connectivity index is 1.65. The second kappa shape index (κ2) is 7.73. The van der Waals surface area contributed by atoms with Crippen molar-refractivity contribution in [2.24, 2.45) is 0 Å². The monoisotopic (exact) mass is 410 g/mol. The molecule has 4 rings (SSSR count). The smallest absolute Gasteiger partial charge is 0.226 e. The number of nitrogens with one attached hydrogen (secondary N) is 1. The molecule has 1 aromatic carbocycles. The van der Waals surface area contributed by atoms with Crippen molar-refractivity contribution in [2.75, 3.05) is 0 Å². The van der Waals surface area contributed by atoms with E-state index < -0.39 is 0 Å². The highest BCUT2D eigenvalue weighted by molar-refractivity contribution is 7.15. The fourth-order valence-corrected chi connectivity index (χ4v) is 3.99. The number of pyridine rings is 1. The summed E-state index contributed by atoms with van der Waals surface area (Å²) >= 11 is 7.22. The van der Waals surface area contributed by atoms with Crippen molar-refractivity contribution in [3.8, 4) is 11.3 Å². The second-order valence-electron chi connectivity index (χ2n) is 6.74. The van der Waals surface area contributed by atoms with Crippen molar-refractivity contribution >= 4 is 34.5 Å². The molecule has 0 spiro atoms. The summed E-state index contributed by atoms with van der Waals surface area (Å²) < 4.78 is 2.48. The average Bonchev–Trinajstić information content (AvgIpc) is 3.24. The molecule has 1 amide bonds. The van der Waals surface area contributed by atoms with Gasteiger partial charge in [-0.15, -0.1) is 11.3 Å². The summed E-state index contributed by atoms with van der Waals surface area (Å²) in [6.45, 7) is 4.50. The van der Waals surface area contributed by atoms with E-state index in [2.05, 4.69) is 29.4 Å². The topological polar surface area (TPSA) is 59.3 Å². The van der Waals surface area contributed by atoms with E-state index >= 15 is 0 Å². The number of nitrogens with zero attached hydrogens (tertiary/aromatic N) is 3. The van der Waals surface area contributed by atoms with E-state index in [0.29, 0.717) is 11.0 Å². The molecule has 142 valence electrons. The predicted octanol–water partition coefficient (Wildman–Crippen LogP) is 4.59. The summed E-state index contributed by atoms with van der Waals surface area (Å²) in [6, 6.07) is 12.2. The Morgan fingerprint density at radius 3 is 2.61 bits per heavy atom. The van der Waals surface area contributed by atoms with Crippen molar-refractivity contribution in [1.82, 2.24) is 19.7 Å². The van der Waals surface area contributed by atoms with Crippen LogP contribution in [0.1, 0.15) is 21.7 Å². The number of carbonyl (C=O) groups is 1. The number of rotatable bonds is 5. The third-order valence-electron chi connectivity index (χ3n) is 4.50. The highest BCUT2D eigenvalue weighted by Gasteiger charge is 2.17. The summed E-state index contributed by atoms with van der Waals surface area (Å²) in [5.41, 5.74) is 5.85. The highest BCUT2D eigenvalue weighted by Crippen LogP contribution is 2.26. The van der Waals surface area contributed by atoms with E-state index in [4.69, 9.17) is 16.6 Å². The molecule has 0 aliphatic heterocycles. The molecule has 4 aromatic rings. The van der Waals surface area contributed by atoms with E-state index in [1.807, 2.05) is 41.8 Å². The van der Waals surface area contributed by atoms with Gasteiger partial charge in [-0.1, -0.05) is 47.5 Å². The van der Waals surface area contributed by atoms with Crippen molar-refractivity contribution in [1.29, 1.82) is 0 Å². The molecular weight excluding hydrogens is 392 g/mol. The molecule has 0 aliphatic rings. The number of aromatic nitrogens is 3. The Morgan fingerprint density at radius 1 is 1.14 bits per heavy atom. The van der Waals surface area contributed by atoms with Gasteiger partial charge < -0.3 is 9.72 Å². The zero-order valence-corrected chi connectivity index (χ0v) is 17.1.